The molecule has 1 aromatic rings. The third-order valence-corrected chi connectivity index (χ3v) is 3.35. The van der Waals surface area contributed by atoms with Gasteiger partial charge < -0.3 is 10.1 Å². The summed E-state index contributed by atoms with van der Waals surface area (Å²) in [5.41, 5.74) is 0.658. The highest BCUT2D eigenvalue weighted by molar-refractivity contribution is 5.96. The molecule has 1 N–H and O–H groups in total. The molecular formula is C14H20N2O2. The lowest BCUT2D eigenvalue weighted by atomic mass is 10.1. The van der Waals surface area contributed by atoms with Crippen molar-refractivity contribution in [2.24, 2.45) is 0 Å². The molecule has 2 rings (SSSR count). The largest absolute Gasteiger partial charge is 0.491 e. The van der Waals surface area contributed by atoms with Gasteiger partial charge in [0.05, 0.1) is 5.56 Å². The maximum Gasteiger partial charge on any atom is 0.163 e. The first kappa shape index (κ1) is 13.1. The van der Waals surface area contributed by atoms with Gasteiger partial charge in [-0.15, -0.1) is 0 Å². The minimum Gasteiger partial charge on any atom is -0.491 e. The first-order valence-corrected chi connectivity index (χ1v) is 6.32. The number of ether oxygens (including phenoxy) is 1. The standard InChI is InChI=1S/C14H20N2O2/c1-11(17)13-5-3-4-6-14(13)18-8-7-16(2)12-9-15-10-12/h3-6,12,15H,7-10H2,1-2H3. The van der Waals surface area contributed by atoms with Gasteiger partial charge in [-0.2, -0.15) is 0 Å². The lowest BCUT2D eigenvalue weighted by Crippen LogP contribution is -2.56. The third-order valence-electron chi connectivity index (χ3n) is 3.35. The molecule has 1 aromatic carbocycles. The van der Waals surface area contributed by atoms with E-state index >= 15 is 0 Å². The minimum absolute atomic E-state index is 0.0437. The Morgan fingerprint density at radius 2 is 2.17 bits per heavy atom. The molecule has 0 atom stereocenters. The van der Waals surface area contributed by atoms with Crippen molar-refractivity contribution >= 4 is 5.78 Å². The second-order valence-corrected chi connectivity index (χ2v) is 4.69. The van der Waals surface area contributed by atoms with Crippen LogP contribution in [-0.2, 0) is 0 Å². The van der Waals surface area contributed by atoms with Crippen LogP contribution in [0.1, 0.15) is 17.3 Å². The zero-order valence-corrected chi connectivity index (χ0v) is 11.0. The molecule has 1 fully saturated rings. The topological polar surface area (TPSA) is 41.6 Å². The maximum atomic E-state index is 11.4. The van der Waals surface area contributed by atoms with E-state index in [1.165, 1.54) is 0 Å². The fraction of sp³-hybridized carbons (Fsp3) is 0.500. The molecule has 4 heteroatoms. The van der Waals surface area contributed by atoms with E-state index < -0.39 is 0 Å². The smallest absolute Gasteiger partial charge is 0.163 e. The molecule has 1 saturated heterocycles. The number of nitrogens with one attached hydrogen (secondary N) is 1. The van der Waals surface area contributed by atoms with Crippen LogP contribution in [0, 0.1) is 0 Å². The van der Waals surface area contributed by atoms with E-state index in [9.17, 15) is 4.79 Å². The Bertz CT molecular complexity index is 416. The van der Waals surface area contributed by atoms with E-state index in [0.717, 1.165) is 19.6 Å². The summed E-state index contributed by atoms with van der Waals surface area (Å²) in [6.45, 7) is 5.16. The Labute approximate surface area is 108 Å². The van der Waals surface area contributed by atoms with Crippen molar-refractivity contribution < 1.29 is 9.53 Å². The lowest BCUT2D eigenvalue weighted by molar-refractivity contribution is 0.101. The van der Waals surface area contributed by atoms with Crippen LogP contribution < -0.4 is 10.1 Å². The van der Waals surface area contributed by atoms with Crippen LogP contribution in [-0.4, -0.2) is 50.0 Å². The number of carbonyl (C=O) groups excluding carboxylic acids is 1. The van der Waals surface area contributed by atoms with Crippen molar-refractivity contribution in [3.8, 4) is 5.75 Å². The van der Waals surface area contributed by atoms with Crippen LogP contribution in [0.5, 0.6) is 5.75 Å². The first-order chi connectivity index (χ1) is 8.68. The highest BCUT2D eigenvalue weighted by atomic mass is 16.5. The third kappa shape index (κ3) is 3.09. The summed E-state index contributed by atoms with van der Waals surface area (Å²) in [7, 11) is 2.10. The second-order valence-electron chi connectivity index (χ2n) is 4.69. The van der Waals surface area contributed by atoms with Crippen LogP contribution in [0.2, 0.25) is 0 Å². The van der Waals surface area contributed by atoms with Gasteiger partial charge in [-0.25, -0.2) is 0 Å². The lowest BCUT2D eigenvalue weighted by Gasteiger charge is -2.35. The number of Topliss-reactive ketones (excluding diaryl/α,β-unsaturated/α-hetero) is 1. The van der Waals surface area contributed by atoms with Crippen molar-refractivity contribution in [2.75, 3.05) is 33.3 Å². The molecule has 4 nitrogen and oxygen atoms in total. The molecule has 1 aliphatic heterocycles. The van der Waals surface area contributed by atoms with Gasteiger partial charge in [0.25, 0.3) is 0 Å². The number of hydrogen-bond donors (Lipinski definition) is 1. The average molecular weight is 248 g/mol. The van der Waals surface area contributed by atoms with Crippen LogP contribution >= 0.6 is 0 Å². The summed E-state index contributed by atoms with van der Waals surface area (Å²) in [6, 6.07) is 8.02. The van der Waals surface area contributed by atoms with Gasteiger partial charge in [-0.3, -0.25) is 9.69 Å². The van der Waals surface area contributed by atoms with Crippen LogP contribution in [0.15, 0.2) is 24.3 Å². The summed E-state index contributed by atoms with van der Waals surface area (Å²) in [5, 5.41) is 3.25. The Morgan fingerprint density at radius 3 is 2.78 bits per heavy atom. The number of carbonyl (C=O) groups is 1. The van der Waals surface area contributed by atoms with E-state index in [0.29, 0.717) is 24.0 Å². The molecule has 1 aliphatic rings. The van der Waals surface area contributed by atoms with E-state index in [1.807, 2.05) is 18.2 Å². The fourth-order valence-corrected chi connectivity index (χ4v) is 1.95. The average Bonchev–Trinajstić information content (AvgIpc) is 2.27. The Hall–Kier alpha value is -1.39. The predicted molar refractivity (Wildman–Crippen MR) is 71.2 cm³/mol. The summed E-state index contributed by atoms with van der Waals surface area (Å²) in [4.78, 5) is 13.7. The van der Waals surface area contributed by atoms with Gasteiger partial charge in [0.2, 0.25) is 0 Å². The molecule has 1 heterocycles. The molecule has 0 bridgehead atoms. The van der Waals surface area contributed by atoms with Crippen molar-refractivity contribution in [3.05, 3.63) is 29.8 Å². The maximum absolute atomic E-state index is 11.4. The van der Waals surface area contributed by atoms with Crippen molar-refractivity contribution in [1.29, 1.82) is 0 Å². The number of hydrogen-bond acceptors (Lipinski definition) is 4. The predicted octanol–water partition coefficient (Wildman–Crippen LogP) is 1.17. The van der Waals surface area contributed by atoms with E-state index in [2.05, 4.69) is 17.3 Å². The molecule has 0 radical (unpaired) electrons. The number of ketones is 1. The fourth-order valence-electron chi connectivity index (χ4n) is 1.95. The quantitative estimate of drug-likeness (QED) is 0.767. The van der Waals surface area contributed by atoms with E-state index in [-0.39, 0.29) is 5.78 Å². The molecule has 18 heavy (non-hydrogen) atoms. The van der Waals surface area contributed by atoms with Gasteiger partial charge in [0.1, 0.15) is 12.4 Å². The first-order valence-electron chi connectivity index (χ1n) is 6.32. The SMILES string of the molecule is CC(=O)c1ccccc1OCCN(C)C1CNC1. The highest BCUT2D eigenvalue weighted by Crippen LogP contribution is 2.18. The molecule has 0 aliphatic carbocycles. The monoisotopic (exact) mass is 248 g/mol. The van der Waals surface area contributed by atoms with Crippen molar-refractivity contribution in [1.82, 2.24) is 10.2 Å². The van der Waals surface area contributed by atoms with Crippen LogP contribution in [0.4, 0.5) is 0 Å². The molecule has 0 spiro atoms. The molecule has 0 unspecified atom stereocenters. The molecule has 98 valence electrons. The molecule has 0 aromatic heterocycles. The van der Waals surface area contributed by atoms with Gasteiger partial charge in [-0.05, 0) is 26.1 Å². The molecule has 0 saturated carbocycles. The van der Waals surface area contributed by atoms with E-state index in [4.69, 9.17) is 4.74 Å². The Kier molecular flexibility index (Phi) is 4.33. The van der Waals surface area contributed by atoms with Crippen LogP contribution in [0.25, 0.3) is 0 Å². The highest BCUT2D eigenvalue weighted by Gasteiger charge is 2.20. The second kappa shape index (κ2) is 5.98. The number of para-hydroxylation sites is 1. The number of nitrogens with zero attached hydrogens (tertiary/aromatic N) is 1. The van der Waals surface area contributed by atoms with E-state index in [1.54, 1.807) is 13.0 Å². The molecule has 0 amide bonds. The zero-order chi connectivity index (χ0) is 13.0. The summed E-state index contributed by atoms with van der Waals surface area (Å²) < 4.78 is 5.70. The number of rotatable bonds is 6. The molecular weight excluding hydrogens is 228 g/mol. The van der Waals surface area contributed by atoms with Crippen molar-refractivity contribution in [2.45, 2.75) is 13.0 Å². The van der Waals surface area contributed by atoms with Crippen molar-refractivity contribution in [3.63, 3.8) is 0 Å². The summed E-state index contributed by atoms with van der Waals surface area (Å²) in [5.74, 6) is 0.729. The number of benzene rings is 1. The van der Waals surface area contributed by atoms with Crippen LogP contribution in [0.3, 0.4) is 0 Å². The zero-order valence-electron chi connectivity index (χ0n) is 11.0. The van der Waals surface area contributed by atoms with Gasteiger partial charge in [0.15, 0.2) is 5.78 Å². The van der Waals surface area contributed by atoms with Gasteiger partial charge in [-0.1, -0.05) is 12.1 Å². The summed E-state index contributed by atoms with van der Waals surface area (Å²) >= 11 is 0. The Morgan fingerprint density at radius 1 is 1.44 bits per heavy atom. The minimum atomic E-state index is 0.0437. The normalized spacial score (nSPS) is 15.5. The van der Waals surface area contributed by atoms with Gasteiger partial charge >= 0.3 is 0 Å². The van der Waals surface area contributed by atoms with Gasteiger partial charge in [0, 0.05) is 25.7 Å². The summed E-state index contributed by atoms with van der Waals surface area (Å²) in [6.07, 6.45) is 0. The number of likely N-dealkylation sites (N-methyl/N-ethyl adjacent to an activating group) is 1. The Balaban J connectivity index is 1.84.